The van der Waals surface area contributed by atoms with Crippen molar-refractivity contribution in [1.29, 1.82) is 0 Å². The van der Waals surface area contributed by atoms with Gasteiger partial charge in [0.05, 0.1) is 4.92 Å². The van der Waals surface area contributed by atoms with E-state index in [-0.39, 0.29) is 17.4 Å². The summed E-state index contributed by atoms with van der Waals surface area (Å²) in [5, 5.41) is 15.7. The number of furan rings is 1. The van der Waals surface area contributed by atoms with E-state index in [0.717, 1.165) is 10.8 Å². The molecule has 0 spiro atoms. The van der Waals surface area contributed by atoms with Gasteiger partial charge in [-0.25, -0.2) is 0 Å². The highest BCUT2D eigenvalue weighted by Gasteiger charge is 2.15. The minimum absolute atomic E-state index is 0.0364. The molecule has 132 valence electrons. The lowest BCUT2D eigenvalue weighted by atomic mass is 10.1. The molecule has 1 N–H and O–H groups in total. The number of benzene rings is 3. The fourth-order valence-electron chi connectivity index (χ4n) is 2.91. The van der Waals surface area contributed by atoms with E-state index in [4.69, 9.17) is 4.42 Å². The van der Waals surface area contributed by atoms with E-state index >= 15 is 0 Å². The summed E-state index contributed by atoms with van der Waals surface area (Å²) >= 11 is 0. The summed E-state index contributed by atoms with van der Waals surface area (Å²) in [6.45, 7) is 0. The molecule has 27 heavy (non-hydrogen) atoms. The Balaban J connectivity index is 1.60. The summed E-state index contributed by atoms with van der Waals surface area (Å²) in [4.78, 5) is 23.0. The molecule has 0 radical (unpaired) electrons. The second kappa shape index (κ2) is 6.76. The van der Waals surface area contributed by atoms with Gasteiger partial charge < -0.3 is 9.73 Å². The van der Waals surface area contributed by atoms with E-state index in [1.54, 1.807) is 24.3 Å². The van der Waals surface area contributed by atoms with Crippen molar-refractivity contribution in [2.45, 2.75) is 0 Å². The topological polar surface area (TPSA) is 85.4 Å². The Hall–Kier alpha value is -3.93. The molecule has 0 saturated heterocycles. The first-order valence-electron chi connectivity index (χ1n) is 8.25. The Morgan fingerprint density at radius 1 is 0.926 bits per heavy atom. The lowest BCUT2D eigenvalue weighted by Gasteiger charge is -2.07. The summed E-state index contributed by atoms with van der Waals surface area (Å²) in [6.07, 6.45) is 0. The number of anilines is 1. The van der Waals surface area contributed by atoms with E-state index in [9.17, 15) is 14.9 Å². The van der Waals surface area contributed by atoms with Gasteiger partial charge in [-0.2, -0.15) is 0 Å². The summed E-state index contributed by atoms with van der Waals surface area (Å²) < 4.78 is 5.62. The number of non-ortho nitro benzene ring substituents is 1. The Labute approximate surface area is 154 Å². The van der Waals surface area contributed by atoms with Crippen LogP contribution < -0.4 is 5.32 Å². The average Bonchev–Trinajstić information content (AvgIpc) is 3.19. The van der Waals surface area contributed by atoms with Crippen LogP contribution in [0.4, 0.5) is 11.4 Å². The first-order chi connectivity index (χ1) is 13.1. The minimum Gasteiger partial charge on any atom is -0.451 e. The zero-order chi connectivity index (χ0) is 18.8. The van der Waals surface area contributed by atoms with Crippen LogP contribution in [0, 0.1) is 10.1 Å². The normalized spacial score (nSPS) is 10.7. The van der Waals surface area contributed by atoms with Crippen LogP contribution in [0.3, 0.4) is 0 Å². The highest BCUT2D eigenvalue weighted by molar-refractivity contribution is 6.08. The van der Waals surface area contributed by atoms with Gasteiger partial charge in [0, 0.05) is 28.8 Å². The number of rotatable bonds is 4. The van der Waals surface area contributed by atoms with E-state index in [1.165, 1.54) is 12.1 Å². The molecule has 0 fully saturated rings. The molecule has 0 atom stereocenters. The highest BCUT2D eigenvalue weighted by atomic mass is 16.6. The maximum absolute atomic E-state index is 12.6. The first-order valence-corrected chi connectivity index (χ1v) is 8.25. The molecule has 0 unspecified atom stereocenters. The molecule has 0 aliphatic carbocycles. The van der Waals surface area contributed by atoms with Crippen molar-refractivity contribution in [3.8, 4) is 11.3 Å². The number of amides is 1. The van der Waals surface area contributed by atoms with Gasteiger partial charge in [-0.1, -0.05) is 48.5 Å². The number of nitrogens with one attached hydrogen (secondary N) is 1. The first kappa shape index (κ1) is 16.5. The quantitative estimate of drug-likeness (QED) is 0.398. The molecule has 0 aliphatic rings. The van der Waals surface area contributed by atoms with Crippen LogP contribution in [-0.4, -0.2) is 10.8 Å². The number of nitrogens with zero attached hydrogens (tertiary/aromatic N) is 1. The van der Waals surface area contributed by atoms with Gasteiger partial charge in [-0.05, 0) is 23.6 Å². The fourth-order valence-corrected chi connectivity index (χ4v) is 2.91. The number of nitro groups is 1. The molecule has 0 aliphatic heterocycles. The van der Waals surface area contributed by atoms with Crippen LogP contribution in [-0.2, 0) is 0 Å². The molecule has 6 nitrogen and oxygen atoms in total. The summed E-state index contributed by atoms with van der Waals surface area (Å²) in [5.74, 6) is 0.134. The number of hydrogen-bond donors (Lipinski definition) is 1. The maximum atomic E-state index is 12.6. The highest BCUT2D eigenvalue weighted by Crippen LogP contribution is 2.27. The van der Waals surface area contributed by atoms with Crippen molar-refractivity contribution >= 4 is 28.1 Å². The van der Waals surface area contributed by atoms with Gasteiger partial charge in [0.2, 0.25) is 0 Å². The number of carbonyl (C=O) groups is 1. The van der Waals surface area contributed by atoms with Crippen LogP contribution >= 0.6 is 0 Å². The molecular formula is C21H14N2O4. The van der Waals surface area contributed by atoms with Gasteiger partial charge in [-0.3, -0.25) is 14.9 Å². The van der Waals surface area contributed by atoms with Crippen LogP contribution in [0.25, 0.3) is 22.1 Å². The molecule has 1 aromatic heterocycles. The van der Waals surface area contributed by atoms with Crippen LogP contribution in [0.1, 0.15) is 10.6 Å². The maximum Gasteiger partial charge on any atom is 0.291 e. The van der Waals surface area contributed by atoms with E-state index in [2.05, 4.69) is 5.32 Å². The SMILES string of the molecule is O=C(Nc1cccc2ccccc12)c1ccc(-c2cccc([N+](=O)[O-])c2)o1. The third-order valence-electron chi connectivity index (χ3n) is 4.21. The minimum atomic E-state index is -0.472. The zero-order valence-corrected chi connectivity index (χ0v) is 14.1. The van der Waals surface area contributed by atoms with E-state index in [0.29, 0.717) is 17.0 Å². The Kier molecular flexibility index (Phi) is 4.14. The van der Waals surface area contributed by atoms with Crippen LogP contribution in [0.5, 0.6) is 0 Å². The number of nitro benzene ring substituents is 1. The molecule has 6 heteroatoms. The van der Waals surface area contributed by atoms with Crippen molar-refractivity contribution in [3.63, 3.8) is 0 Å². The number of fused-ring (bicyclic) bond motifs is 1. The van der Waals surface area contributed by atoms with E-state index in [1.807, 2.05) is 42.5 Å². The van der Waals surface area contributed by atoms with Gasteiger partial charge in [0.1, 0.15) is 5.76 Å². The Morgan fingerprint density at radius 2 is 1.70 bits per heavy atom. The molecule has 4 rings (SSSR count). The predicted octanol–water partition coefficient (Wildman–Crippen LogP) is 5.26. The summed E-state index contributed by atoms with van der Waals surface area (Å²) in [7, 11) is 0. The predicted molar refractivity (Wildman–Crippen MR) is 103 cm³/mol. The average molecular weight is 358 g/mol. The Morgan fingerprint density at radius 3 is 2.56 bits per heavy atom. The van der Waals surface area contributed by atoms with Gasteiger partial charge in [0.25, 0.3) is 11.6 Å². The molecule has 1 amide bonds. The van der Waals surface area contributed by atoms with Crippen molar-refractivity contribution in [2.24, 2.45) is 0 Å². The standard InChI is InChI=1S/C21H14N2O4/c24-21(22-18-10-4-6-14-5-1-2-9-17(14)18)20-12-11-19(27-20)15-7-3-8-16(13-15)23(25)26/h1-13H,(H,22,24). The molecule has 1 heterocycles. The largest absolute Gasteiger partial charge is 0.451 e. The monoisotopic (exact) mass is 358 g/mol. The summed E-state index contributed by atoms with van der Waals surface area (Å²) in [5.41, 5.74) is 1.19. The van der Waals surface area contributed by atoms with Crippen molar-refractivity contribution in [1.82, 2.24) is 0 Å². The van der Waals surface area contributed by atoms with Crippen molar-refractivity contribution in [2.75, 3.05) is 5.32 Å². The lowest BCUT2D eigenvalue weighted by Crippen LogP contribution is -2.11. The second-order valence-electron chi connectivity index (χ2n) is 5.95. The Bertz CT molecular complexity index is 1160. The molecular weight excluding hydrogens is 344 g/mol. The van der Waals surface area contributed by atoms with Crippen LogP contribution in [0.15, 0.2) is 83.3 Å². The lowest BCUT2D eigenvalue weighted by molar-refractivity contribution is -0.384. The molecule has 0 bridgehead atoms. The van der Waals surface area contributed by atoms with Gasteiger partial charge in [0.15, 0.2) is 5.76 Å². The van der Waals surface area contributed by atoms with Crippen LogP contribution in [0.2, 0.25) is 0 Å². The van der Waals surface area contributed by atoms with Gasteiger partial charge >= 0.3 is 0 Å². The van der Waals surface area contributed by atoms with E-state index < -0.39 is 4.92 Å². The smallest absolute Gasteiger partial charge is 0.291 e. The molecule has 3 aromatic carbocycles. The molecule has 4 aromatic rings. The second-order valence-corrected chi connectivity index (χ2v) is 5.95. The zero-order valence-electron chi connectivity index (χ0n) is 14.1. The van der Waals surface area contributed by atoms with Crippen molar-refractivity contribution in [3.05, 3.63) is 94.7 Å². The number of carbonyl (C=O) groups excluding carboxylic acids is 1. The van der Waals surface area contributed by atoms with Crippen molar-refractivity contribution < 1.29 is 14.1 Å². The van der Waals surface area contributed by atoms with Gasteiger partial charge in [-0.15, -0.1) is 0 Å². The molecule has 0 saturated carbocycles. The number of hydrogen-bond acceptors (Lipinski definition) is 4. The fraction of sp³-hybridized carbons (Fsp3) is 0. The third-order valence-corrected chi connectivity index (χ3v) is 4.21. The third kappa shape index (κ3) is 3.28. The summed E-state index contributed by atoms with van der Waals surface area (Å²) in [6, 6.07) is 22.7.